The Hall–Kier alpha value is -1.12. The van der Waals surface area contributed by atoms with Gasteiger partial charge in [-0.15, -0.1) is 0 Å². The number of carbonyl (C=O) groups excluding carboxylic acids is 1. The van der Waals surface area contributed by atoms with E-state index in [1.165, 1.54) is 0 Å². The summed E-state index contributed by atoms with van der Waals surface area (Å²) in [6.07, 6.45) is 0. The van der Waals surface area contributed by atoms with Gasteiger partial charge >= 0.3 is 5.97 Å². The smallest absolute Gasteiger partial charge is 0.312 e. The maximum Gasteiger partial charge on any atom is 0.367 e. The molecule has 1 rings (SSSR count). The Morgan fingerprint density at radius 3 is 2.18 bits per heavy atom. The van der Waals surface area contributed by atoms with Gasteiger partial charge in [-0.3, -0.25) is 0 Å². The van der Waals surface area contributed by atoms with Crippen LogP contribution in [0.5, 0.6) is 0 Å². The highest BCUT2D eigenvalue weighted by atomic mass is 16.7. The Bertz CT molecular complexity index is 245. The lowest BCUT2D eigenvalue weighted by Gasteiger charge is -2.15. The van der Waals surface area contributed by atoms with Gasteiger partial charge in [-0.05, 0) is 0 Å². The summed E-state index contributed by atoms with van der Waals surface area (Å²) in [7, 11) is 0. The van der Waals surface area contributed by atoms with Gasteiger partial charge in [-0.25, -0.2) is 4.79 Å². The highest BCUT2D eigenvalue weighted by molar-refractivity contribution is 6.23. The van der Waals surface area contributed by atoms with E-state index in [-0.39, 0.29) is 5.41 Å². The molecule has 3 nitrogen and oxygen atoms in total. The average molecular weight is 153 g/mol. The zero-order valence-corrected chi connectivity index (χ0v) is 6.97. The Balaban J connectivity index is 2.93. The third-order valence-corrected chi connectivity index (χ3v) is 1.46. The predicted octanol–water partition coefficient (Wildman–Crippen LogP) is 1.50. The van der Waals surface area contributed by atoms with Gasteiger partial charge in [0.15, 0.2) is 0 Å². The second kappa shape index (κ2) is 2.19. The minimum Gasteiger partial charge on any atom is -0.312 e. The maximum atomic E-state index is 10.8. The van der Waals surface area contributed by atoms with Crippen LogP contribution in [-0.4, -0.2) is 11.7 Å². The molecule has 0 radical (unpaired) electrons. The van der Waals surface area contributed by atoms with E-state index in [2.05, 4.69) is 16.6 Å². The van der Waals surface area contributed by atoms with Crippen LogP contribution in [0.4, 0.5) is 0 Å². The van der Waals surface area contributed by atoms with Crippen molar-refractivity contribution < 1.29 is 9.63 Å². The quantitative estimate of drug-likeness (QED) is 0.390. The lowest BCUT2D eigenvalue weighted by molar-refractivity contribution is -0.136. The molecule has 0 unspecified atom stereocenters. The van der Waals surface area contributed by atoms with E-state index in [0.717, 1.165) is 0 Å². The molecule has 1 aliphatic rings. The number of rotatable bonds is 0. The number of nitrogens with zero attached hydrogens (tertiary/aromatic N) is 1. The van der Waals surface area contributed by atoms with Crippen LogP contribution in [0.25, 0.3) is 0 Å². The van der Waals surface area contributed by atoms with Crippen molar-refractivity contribution in [1.82, 2.24) is 0 Å². The lowest BCUT2D eigenvalue weighted by Crippen LogP contribution is -2.21. The second-order valence-electron chi connectivity index (χ2n) is 3.55. The fourth-order valence-corrected chi connectivity index (χ4v) is 0.884. The Morgan fingerprint density at radius 2 is 2.00 bits per heavy atom. The molecule has 3 heteroatoms. The number of carbonyl (C=O) groups is 1. The Kier molecular flexibility index (Phi) is 1.59. The van der Waals surface area contributed by atoms with Crippen LogP contribution in [0.15, 0.2) is 17.3 Å². The summed E-state index contributed by atoms with van der Waals surface area (Å²) in [5.41, 5.74) is 0.850. The Morgan fingerprint density at radius 1 is 1.45 bits per heavy atom. The first-order valence-corrected chi connectivity index (χ1v) is 3.42. The molecule has 1 heterocycles. The van der Waals surface area contributed by atoms with Crippen molar-refractivity contribution in [2.24, 2.45) is 10.6 Å². The highest BCUT2D eigenvalue weighted by Gasteiger charge is 2.32. The topological polar surface area (TPSA) is 38.7 Å². The van der Waals surface area contributed by atoms with Crippen LogP contribution >= 0.6 is 0 Å². The SMILES string of the molecule is C=C1C(=O)ON=C1C(C)(C)C. The molecule has 0 aromatic rings. The van der Waals surface area contributed by atoms with Crippen LogP contribution in [0.3, 0.4) is 0 Å². The molecule has 0 spiro atoms. The molecule has 0 atom stereocenters. The number of hydrogen-bond donors (Lipinski definition) is 0. The van der Waals surface area contributed by atoms with E-state index in [0.29, 0.717) is 11.3 Å². The fourth-order valence-electron chi connectivity index (χ4n) is 0.884. The van der Waals surface area contributed by atoms with Gasteiger partial charge in [0.25, 0.3) is 0 Å². The van der Waals surface area contributed by atoms with Gasteiger partial charge in [-0.1, -0.05) is 32.5 Å². The minimum absolute atomic E-state index is 0.163. The molecule has 11 heavy (non-hydrogen) atoms. The molecule has 0 aliphatic carbocycles. The summed E-state index contributed by atoms with van der Waals surface area (Å²) in [5.74, 6) is -0.435. The van der Waals surface area contributed by atoms with Crippen LogP contribution in [-0.2, 0) is 9.63 Å². The van der Waals surface area contributed by atoms with Crippen molar-refractivity contribution in [3.8, 4) is 0 Å². The molecule has 0 saturated heterocycles. The van der Waals surface area contributed by atoms with E-state index in [9.17, 15) is 4.79 Å². The van der Waals surface area contributed by atoms with Gasteiger partial charge in [0.05, 0.1) is 11.3 Å². The van der Waals surface area contributed by atoms with Crippen molar-refractivity contribution in [1.29, 1.82) is 0 Å². The predicted molar refractivity (Wildman–Crippen MR) is 42.1 cm³/mol. The van der Waals surface area contributed by atoms with Gasteiger partial charge in [0.1, 0.15) is 0 Å². The average Bonchev–Trinajstić information content (AvgIpc) is 2.11. The van der Waals surface area contributed by atoms with Crippen molar-refractivity contribution in [2.75, 3.05) is 0 Å². The Labute approximate surface area is 65.7 Å². The normalized spacial score (nSPS) is 18.3. The van der Waals surface area contributed by atoms with Gasteiger partial charge in [0, 0.05) is 5.41 Å². The number of oxime groups is 1. The van der Waals surface area contributed by atoms with Crippen LogP contribution in [0.1, 0.15) is 20.8 Å². The maximum absolute atomic E-state index is 10.8. The second-order valence-corrected chi connectivity index (χ2v) is 3.55. The van der Waals surface area contributed by atoms with Crippen molar-refractivity contribution >= 4 is 11.7 Å². The molecule has 0 amide bonds. The molecule has 60 valence electrons. The fraction of sp³-hybridized carbons (Fsp3) is 0.500. The van der Waals surface area contributed by atoms with Gasteiger partial charge in [0.2, 0.25) is 0 Å². The van der Waals surface area contributed by atoms with E-state index < -0.39 is 5.97 Å². The van der Waals surface area contributed by atoms with E-state index in [4.69, 9.17) is 0 Å². The van der Waals surface area contributed by atoms with Gasteiger partial charge < -0.3 is 4.84 Å². The largest absolute Gasteiger partial charge is 0.367 e. The monoisotopic (exact) mass is 153 g/mol. The van der Waals surface area contributed by atoms with Crippen LogP contribution in [0, 0.1) is 5.41 Å². The van der Waals surface area contributed by atoms with Crippen molar-refractivity contribution in [3.63, 3.8) is 0 Å². The summed E-state index contributed by atoms with van der Waals surface area (Å²) in [6.45, 7) is 9.45. The summed E-state index contributed by atoms with van der Waals surface area (Å²) >= 11 is 0. The van der Waals surface area contributed by atoms with Crippen LogP contribution < -0.4 is 0 Å². The standard InChI is InChI=1S/C8H11NO2/c1-5-6(8(2,3)4)9-11-7(5)10/h1H2,2-4H3. The first-order chi connectivity index (χ1) is 4.93. The molecule has 0 fully saturated rings. The van der Waals surface area contributed by atoms with Crippen LogP contribution in [0.2, 0.25) is 0 Å². The molecule has 0 saturated carbocycles. The lowest BCUT2D eigenvalue weighted by atomic mass is 9.86. The summed E-state index contributed by atoms with van der Waals surface area (Å²) < 4.78 is 0. The zero-order valence-electron chi connectivity index (χ0n) is 6.97. The summed E-state index contributed by atoms with van der Waals surface area (Å²) in [6, 6.07) is 0. The molecular formula is C8H11NO2. The molecular weight excluding hydrogens is 142 g/mol. The summed E-state index contributed by atoms with van der Waals surface area (Å²) in [4.78, 5) is 15.2. The third-order valence-electron chi connectivity index (χ3n) is 1.46. The number of hydrogen-bond acceptors (Lipinski definition) is 3. The van der Waals surface area contributed by atoms with Crippen molar-refractivity contribution in [3.05, 3.63) is 12.2 Å². The van der Waals surface area contributed by atoms with E-state index in [1.54, 1.807) is 0 Å². The molecule has 0 bridgehead atoms. The molecule has 1 aliphatic heterocycles. The molecule has 0 N–H and O–H groups in total. The molecule has 0 aromatic carbocycles. The highest BCUT2D eigenvalue weighted by Crippen LogP contribution is 2.25. The first kappa shape index (κ1) is 7.98. The van der Waals surface area contributed by atoms with E-state index >= 15 is 0 Å². The third kappa shape index (κ3) is 1.31. The van der Waals surface area contributed by atoms with Crippen molar-refractivity contribution in [2.45, 2.75) is 20.8 Å². The van der Waals surface area contributed by atoms with Gasteiger partial charge in [-0.2, -0.15) is 0 Å². The zero-order chi connectivity index (χ0) is 8.65. The molecule has 0 aromatic heterocycles. The van der Waals surface area contributed by atoms with E-state index in [1.807, 2.05) is 20.8 Å². The summed E-state index contributed by atoms with van der Waals surface area (Å²) in [5, 5.41) is 3.64. The minimum atomic E-state index is -0.435. The first-order valence-electron chi connectivity index (χ1n) is 3.42.